The normalized spacial score (nSPS) is 11.7. The third-order valence-electron chi connectivity index (χ3n) is 4.83. The molecule has 0 aliphatic carbocycles. The monoisotopic (exact) mass is 596 g/mol. The predicted octanol–water partition coefficient (Wildman–Crippen LogP) is 2.73. The van der Waals surface area contributed by atoms with E-state index in [0.717, 1.165) is 29.0 Å². The van der Waals surface area contributed by atoms with Crippen LogP contribution in [0.1, 0.15) is 41.9 Å². The van der Waals surface area contributed by atoms with Gasteiger partial charge in [0, 0.05) is 47.8 Å². The van der Waals surface area contributed by atoms with Gasteiger partial charge in [-0.3, -0.25) is 0 Å². The van der Waals surface area contributed by atoms with Gasteiger partial charge in [0.05, 0.1) is 23.0 Å². The number of hydrogen-bond donors (Lipinski definition) is 4. The number of carbonyl (C=O) groups is 2. The van der Waals surface area contributed by atoms with Crippen LogP contribution in [0, 0.1) is 0 Å². The van der Waals surface area contributed by atoms with E-state index in [0.29, 0.717) is 39.1 Å². The first-order valence-corrected chi connectivity index (χ1v) is 16.0. The number of sulfonamides is 2. The second-order valence-electron chi connectivity index (χ2n) is 7.85. The number of thiophene rings is 2. The van der Waals surface area contributed by atoms with Crippen molar-refractivity contribution in [3.8, 4) is 0 Å². The van der Waals surface area contributed by atoms with E-state index < -0.39 is 32.1 Å². The van der Waals surface area contributed by atoms with Crippen LogP contribution in [0.2, 0.25) is 0 Å². The topological polar surface area (TPSA) is 169 Å². The number of nitrogens with one attached hydrogen (secondary N) is 4. The highest BCUT2D eigenvalue weighted by Crippen LogP contribution is 2.20. The van der Waals surface area contributed by atoms with Crippen LogP contribution in [0.5, 0.6) is 0 Å². The van der Waals surface area contributed by atoms with Crippen LogP contribution in [-0.2, 0) is 42.7 Å². The van der Waals surface area contributed by atoms with Crippen molar-refractivity contribution in [3.05, 3.63) is 32.6 Å². The van der Waals surface area contributed by atoms with E-state index in [1.807, 2.05) is 9.44 Å². The molecule has 0 atom stereocenters. The number of carbonyl (C=O) groups excluding carboxylic acids is 2. The largest absolute Gasteiger partial charge is 0.379 e. The molecule has 0 aliphatic rings. The molecule has 0 bridgehead atoms. The molecule has 4 N–H and O–H groups in total. The molecule has 4 amide bonds. The third kappa shape index (κ3) is 11.0. The zero-order chi connectivity index (χ0) is 27.3. The Morgan fingerprint density at radius 2 is 1.08 bits per heavy atom. The molecule has 16 heteroatoms. The second kappa shape index (κ2) is 15.2. The molecule has 2 heterocycles. The lowest BCUT2D eigenvalue weighted by molar-refractivity contribution is 0.187. The van der Waals surface area contributed by atoms with Crippen LogP contribution >= 0.6 is 22.7 Å². The van der Waals surface area contributed by atoms with Crippen LogP contribution in [0.3, 0.4) is 0 Å². The fraction of sp³-hybridized carbons (Fsp3) is 0.524. The molecule has 2 aromatic heterocycles. The number of unbranched alkanes of at least 4 members (excludes halogenated alkanes) is 4. The number of hydrogen-bond acceptors (Lipinski definition) is 10. The molecule has 37 heavy (non-hydrogen) atoms. The maximum absolute atomic E-state index is 12.2. The van der Waals surface area contributed by atoms with Crippen molar-refractivity contribution in [1.29, 1.82) is 0 Å². The average molecular weight is 597 g/mol. The van der Waals surface area contributed by atoms with Gasteiger partial charge in [-0.25, -0.2) is 35.9 Å². The molecule has 2 aromatic rings. The standard InChI is InChI=1S/C21H32N4O8S4/c1-32-12-16-10-18(14-34-16)36(28,29)24-20(26)22-8-6-4-3-5-7-9-23-21(27)25-37(30,31)19-11-17(13-33-2)35-15-19/h10-11,14-15H,3-9,12-13H2,1-2H3,(H2,22,24,26)(H2,23,25,27). The van der Waals surface area contributed by atoms with E-state index >= 15 is 0 Å². The molecule has 0 saturated carbocycles. The number of urea groups is 2. The smallest absolute Gasteiger partial charge is 0.328 e. The molecular weight excluding hydrogens is 565 g/mol. The molecule has 208 valence electrons. The fourth-order valence-electron chi connectivity index (χ4n) is 3.06. The summed E-state index contributed by atoms with van der Waals surface area (Å²) >= 11 is 2.47. The lowest BCUT2D eigenvalue weighted by Gasteiger charge is -2.08. The van der Waals surface area contributed by atoms with Crippen molar-refractivity contribution < 1.29 is 35.9 Å². The Morgan fingerprint density at radius 3 is 1.46 bits per heavy atom. The van der Waals surface area contributed by atoms with Gasteiger partial charge in [0.1, 0.15) is 0 Å². The Labute approximate surface area is 225 Å². The highest BCUT2D eigenvalue weighted by atomic mass is 32.2. The van der Waals surface area contributed by atoms with Gasteiger partial charge in [0.15, 0.2) is 0 Å². The third-order valence-corrected chi connectivity index (χ3v) is 9.57. The fourth-order valence-corrected chi connectivity index (χ4v) is 7.40. The van der Waals surface area contributed by atoms with E-state index in [1.165, 1.54) is 59.8 Å². The van der Waals surface area contributed by atoms with E-state index in [9.17, 15) is 26.4 Å². The Morgan fingerprint density at radius 1 is 0.703 bits per heavy atom. The van der Waals surface area contributed by atoms with E-state index in [1.54, 1.807) is 0 Å². The van der Waals surface area contributed by atoms with Crippen molar-refractivity contribution in [3.63, 3.8) is 0 Å². The van der Waals surface area contributed by atoms with Crippen molar-refractivity contribution in [1.82, 2.24) is 20.1 Å². The summed E-state index contributed by atoms with van der Waals surface area (Å²) in [5.41, 5.74) is 0. The van der Waals surface area contributed by atoms with Gasteiger partial charge in [-0.2, -0.15) is 0 Å². The minimum absolute atomic E-state index is 0.0160. The van der Waals surface area contributed by atoms with Gasteiger partial charge < -0.3 is 20.1 Å². The van der Waals surface area contributed by atoms with Crippen LogP contribution in [0.25, 0.3) is 0 Å². The summed E-state index contributed by atoms with van der Waals surface area (Å²) in [4.78, 5) is 25.3. The first kappa shape index (κ1) is 31.0. The quantitative estimate of drug-likeness (QED) is 0.214. The van der Waals surface area contributed by atoms with Crippen molar-refractivity contribution in [2.75, 3.05) is 27.3 Å². The number of ether oxygens (including phenoxy) is 2. The Kier molecular flexibility index (Phi) is 12.8. The highest BCUT2D eigenvalue weighted by molar-refractivity contribution is 7.90. The molecular formula is C21H32N4O8S4. The van der Waals surface area contributed by atoms with Gasteiger partial charge in [0.25, 0.3) is 20.0 Å². The molecule has 0 aliphatic heterocycles. The maximum atomic E-state index is 12.2. The summed E-state index contributed by atoms with van der Waals surface area (Å²) in [5, 5.41) is 7.94. The average Bonchev–Trinajstić information content (AvgIpc) is 3.49. The Bertz CT molecular complexity index is 1130. The summed E-state index contributed by atoms with van der Waals surface area (Å²) in [6.07, 6.45) is 3.72. The SMILES string of the molecule is COCc1cc(S(=O)(=O)NC(=O)NCCCCCCCNC(=O)NS(=O)(=O)c2csc(COC)c2)cs1. The lowest BCUT2D eigenvalue weighted by Crippen LogP contribution is -2.39. The minimum atomic E-state index is -3.94. The van der Waals surface area contributed by atoms with E-state index in [4.69, 9.17) is 9.47 Å². The first-order valence-electron chi connectivity index (χ1n) is 11.3. The van der Waals surface area contributed by atoms with E-state index in [2.05, 4.69) is 10.6 Å². The summed E-state index contributed by atoms with van der Waals surface area (Å²) in [7, 11) is -4.86. The lowest BCUT2D eigenvalue weighted by atomic mass is 10.1. The number of amides is 4. The predicted molar refractivity (Wildman–Crippen MR) is 141 cm³/mol. The first-order chi connectivity index (χ1) is 17.6. The molecule has 2 rings (SSSR count). The van der Waals surface area contributed by atoms with Crippen LogP contribution in [-0.4, -0.2) is 56.2 Å². The Balaban J connectivity index is 1.54. The van der Waals surface area contributed by atoms with Crippen LogP contribution in [0.15, 0.2) is 32.7 Å². The van der Waals surface area contributed by atoms with Gasteiger partial charge in [-0.15, -0.1) is 22.7 Å². The highest BCUT2D eigenvalue weighted by Gasteiger charge is 2.20. The van der Waals surface area contributed by atoms with Gasteiger partial charge >= 0.3 is 12.1 Å². The molecule has 0 saturated heterocycles. The summed E-state index contributed by atoms with van der Waals surface area (Å²) < 4.78 is 62.9. The number of methoxy groups -OCH3 is 2. The Hall–Kier alpha value is -2.24. The van der Waals surface area contributed by atoms with Crippen molar-refractivity contribution in [2.24, 2.45) is 0 Å². The van der Waals surface area contributed by atoms with Gasteiger partial charge in [0.2, 0.25) is 0 Å². The van der Waals surface area contributed by atoms with Gasteiger partial charge in [-0.05, 0) is 25.0 Å². The van der Waals surface area contributed by atoms with Crippen LogP contribution < -0.4 is 20.1 Å². The van der Waals surface area contributed by atoms with Crippen molar-refractivity contribution in [2.45, 2.75) is 55.1 Å². The van der Waals surface area contributed by atoms with E-state index in [-0.39, 0.29) is 9.79 Å². The summed E-state index contributed by atoms with van der Waals surface area (Å²) in [6.45, 7) is 1.22. The molecule has 0 fully saturated rings. The molecule has 12 nitrogen and oxygen atoms in total. The molecule has 0 aromatic carbocycles. The van der Waals surface area contributed by atoms with Crippen LogP contribution in [0.4, 0.5) is 9.59 Å². The zero-order valence-corrected chi connectivity index (χ0v) is 23.8. The second-order valence-corrected chi connectivity index (χ2v) is 13.2. The summed E-state index contributed by atoms with van der Waals surface area (Å²) in [6, 6.07) is 1.34. The number of rotatable bonds is 16. The zero-order valence-electron chi connectivity index (χ0n) is 20.6. The molecule has 0 radical (unpaired) electrons. The maximum Gasteiger partial charge on any atom is 0.328 e. The van der Waals surface area contributed by atoms with Crippen molar-refractivity contribution >= 4 is 54.8 Å². The summed E-state index contributed by atoms with van der Waals surface area (Å²) in [5.74, 6) is 0. The minimum Gasteiger partial charge on any atom is -0.379 e. The molecule has 0 spiro atoms. The van der Waals surface area contributed by atoms with Gasteiger partial charge in [-0.1, -0.05) is 19.3 Å². The molecule has 0 unspecified atom stereocenters.